The zero-order valence-corrected chi connectivity index (χ0v) is 20.3. The Bertz CT molecular complexity index is 1130. The van der Waals surface area contributed by atoms with Crippen molar-refractivity contribution < 1.29 is 50.5 Å². The fourth-order valence-electron chi connectivity index (χ4n) is 2.74. The molecule has 0 bridgehead atoms. The van der Waals surface area contributed by atoms with Crippen molar-refractivity contribution in [1.82, 2.24) is 0 Å². The van der Waals surface area contributed by atoms with E-state index in [9.17, 15) is 35.9 Å². The van der Waals surface area contributed by atoms with Gasteiger partial charge in [0.25, 0.3) is 0 Å². The van der Waals surface area contributed by atoms with Gasteiger partial charge in [0.05, 0.1) is 30.9 Å². The monoisotopic (exact) mass is 545 g/mol. The van der Waals surface area contributed by atoms with Crippen LogP contribution in [0.4, 0.5) is 26.3 Å². The van der Waals surface area contributed by atoms with E-state index in [0.29, 0.717) is 24.4 Å². The number of methoxy groups -OCH3 is 2. The summed E-state index contributed by atoms with van der Waals surface area (Å²) in [4.78, 5) is 20.6. The molecule has 3 aromatic rings. The fraction of sp³-hybridized carbons (Fsp3) is 0.231. The van der Waals surface area contributed by atoms with Crippen LogP contribution in [0, 0.1) is 0 Å². The molecule has 0 aliphatic carbocycles. The van der Waals surface area contributed by atoms with E-state index in [1.54, 1.807) is 19.2 Å². The summed E-state index contributed by atoms with van der Waals surface area (Å²) in [7, 11) is 3.20. The second-order valence-corrected chi connectivity index (χ2v) is 7.38. The highest BCUT2D eigenvalue weighted by Crippen LogP contribution is 2.35. The van der Waals surface area contributed by atoms with E-state index in [1.807, 2.05) is 24.3 Å². The van der Waals surface area contributed by atoms with E-state index < -0.39 is 35.0 Å². The first-order chi connectivity index (χ1) is 17.7. The van der Waals surface area contributed by atoms with Crippen LogP contribution in [-0.4, -0.2) is 38.1 Å². The number of alkyl halides is 6. The lowest BCUT2D eigenvalue weighted by molar-refractivity contribution is -0.143. The standard InChI is InChI=1S/C9H4F6O.C9H13NO.C8H8O3/c10-8(11,12)6-1-5(4-16)2-7(3-6)9(13,14)15;1-11-9-4-2-8(3-5-9)6-7-10;1-11-7-4-2-6(3-5-7)8(9)10/h1-4H;2-5H,6-7,10H2,1H3;2-5H,1H3,(H,9,10). The van der Waals surface area contributed by atoms with Gasteiger partial charge < -0.3 is 20.3 Å². The highest BCUT2D eigenvalue weighted by molar-refractivity contribution is 5.87. The lowest BCUT2D eigenvalue weighted by Crippen LogP contribution is -2.11. The molecule has 0 heterocycles. The number of hydrogen-bond donors (Lipinski definition) is 2. The van der Waals surface area contributed by atoms with Crippen LogP contribution >= 0.6 is 0 Å². The summed E-state index contributed by atoms with van der Waals surface area (Å²) < 4.78 is 83.0. The summed E-state index contributed by atoms with van der Waals surface area (Å²) in [5.74, 6) is 0.633. The lowest BCUT2D eigenvalue weighted by atomic mass is 10.1. The average molecular weight is 545 g/mol. The zero-order chi connectivity index (χ0) is 28.9. The lowest BCUT2D eigenvalue weighted by Gasteiger charge is -2.12. The Morgan fingerprint density at radius 1 is 0.816 bits per heavy atom. The molecule has 0 aromatic heterocycles. The summed E-state index contributed by atoms with van der Waals surface area (Å²) in [6.45, 7) is 0.701. The highest BCUT2D eigenvalue weighted by Gasteiger charge is 2.36. The number of halogens is 6. The van der Waals surface area contributed by atoms with Gasteiger partial charge in [-0.15, -0.1) is 0 Å². The minimum atomic E-state index is -4.92. The SMILES string of the molecule is COc1ccc(C(=O)O)cc1.COc1ccc(CCN)cc1.O=Cc1cc(C(F)(F)F)cc(C(F)(F)F)c1. The third kappa shape index (κ3) is 10.9. The van der Waals surface area contributed by atoms with Gasteiger partial charge >= 0.3 is 18.3 Å². The first kappa shape index (κ1) is 32.0. The van der Waals surface area contributed by atoms with Crippen LogP contribution in [0.25, 0.3) is 0 Å². The van der Waals surface area contributed by atoms with E-state index >= 15 is 0 Å². The molecule has 0 aliphatic rings. The smallest absolute Gasteiger partial charge is 0.416 e. The second-order valence-electron chi connectivity index (χ2n) is 7.38. The average Bonchev–Trinajstić information content (AvgIpc) is 2.88. The fourth-order valence-corrected chi connectivity index (χ4v) is 2.74. The van der Waals surface area contributed by atoms with Crippen LogP contribution < -0.4 is 15.2 Å². The van der Waals surface area contributed by atoms with Gasteiger partial charge in [0.15, 0.2) is 0 Å². The Balaban J connectivity index is 0.000000293. The van der Waals surface area contributed by atoms with Gasteiger partial charge in [-0.05, 0) is 73.1 Å². The summed E-state index contributed by atoms with van der Waals surface area (Å²) in [6, 6.07) is 14.9. The van der Waals surface area contributed by atoms with E-state index in [4.69, 9.17) is 20.3 Å². The quantitative estimate of drug-likeness (QED) is 0.286. The van der Waals surface area contributed by atoms with Crippen LogP contribution in [0.15, 0.2) is 66.7 Å². The maximum atomic E-state index is 12.2. The number of rotatable bonds is 6. The summed E-state index contributed by atoms with van der Waals surface area (Å²) >= 11 is 0. The number of carboxylic acids is 1. The van der Waals surface area contributed by atoms with E-state index in [2.05, 4.69) is 0 Å². The number of hydrogen-bond acceptors (Lipinski definition) is 5. The molecule has 0 fully saturated rings. The van der Waals surface area contributed by atoms with Crippen LogP contribution in [0.5, 0.6) is 11.5 Å². The minimum Gasteiger partial charge on any atom is -0.497 e. The number of carbonyl (C=O) groups excluding carboxylic acids is 1. The Labute approximate surface area is 214 Å². The van der Waals surface area contributed by atoms with Gasteiger partial charge in [-0.3, -0.25) is 4.79 Å². The molecule has 0 spiro atoms. The van der Waals surface area contributed by atoms with Gasteiger partial charge in [-0.1, -0.05) is 12.1 Å². The van der Waals surface area contributed by atoms with Gasteiger partial charge in [-0.2, -0.15) is 26.3 Å². The van der Waals surface area contributed by atoms with Crippen molar-refractivity contribution in [3.63, 3.8) is 0 Å². The molecule has 0 saturated carbocycles. The van der Waals surface area contributed by atoms with Crippen molar-refractivity contribution in [3.8, 4) is 11.5 Å². The molecule has 0 amide bonds. The van der Waals surface area contributed by atoms with Crippen molar-refractivity contribution in [2.75, 3.05) is 20.8 Å². The molecule has 0 radical (unpaired) electrons. The molecule has 3 rings (SSSR count). The molecule has 0 atom stereocenters. The molecular formula is C26H25F6NO5. The van der Waals surface area contributed by atoms with Crippen molar-refractivity contribution in [2.45, 2.75) is 18.8 Å². The molecule has 0 aliphatic heterocycles. The Kier molecular flexibility index (Phi) is 12.3. The van der Waals surface area contributed by atoms with Crippen molar-refractivity contribution in [3.05, 3.63) is 94.5 Å². The third-order valence-corrected chi connectivity index (χ3v) is 4.68. The second kappa shape index (κ2) is 14.6. The van der Waals surface area contributed by atoms with Crippen LogP contribution in [0.3, 0.4) is 0 Å². The molecule has 0 unspecified atom stereocenters. The third-order valence-electron chi connectivity index (χ3n) is 4.68. The van der Waals surface area contributed by atoms with E-state index in [1.165, 1.54) is 24.8 Å². The normalized spacial score (nSPS) is 10.8. The zero-order valence-electron chi connectivity index (χ0n) is 20.3. The van der Waals surface area contributed by atoms with Crippen LogP contribution in [0.1, 0.15) is 37.4 Å². The topological polar surface area (TPSA) is 98.8 Å². The first-order valence-corrected chi connectivity index (χ1v) is 10.7. The molecule has 12 heteroatoms. The summed E-state index contributed by atoms with van der Waals surface area (Å²) in [5, 5.41) is 8.51. The van der Waals surface area contributed by atoms with Gasteiger partial charge in [0.1, 0.15) is 17.8 Å². The number of carbonyl (C=O) groups is 2. The molecular weight excluding hydrogens is 520 g/mol. The summed E-state index contributed by atoms with van der Waals surface area (Å²) in [6.07, 6.45) is -8.97. The number of carboxylic acid groups (broad SMARTS) is 1. The molecule has 206 valence electrons. The molecule has 3 aromatic carbocycles. The van der Waals surface area contributed by atoms with E-state index in [-0.39, 0.29) is 17.9 Å². The summed E-state index contributed by atoms with van der Waals surface area (Å²) in [5.41, 5.74) is 3.27. The van der Waals surface area contributed by atoms with Crippen LogP contribution in [0.2, 0.25) is 0 Å². The molecule has 0 saturated heterocycles. The van der Waals surface area contributed by atoms with Crippen molar-refractivity contribution >= 4 is 12.3 Å². The van der Waals surface area contributed by atoms with Crippen molar-refractivity contribution in [2.24, 2.45) is 5.73 Å². The van der Waals surface area contributed by atoms with Gasteiger partial charge in [0, 0.05) is 5.56 Å². The highest BCUT2D eigenvalue weighted by atomic mass is 19.4. The van der Waals surface area contributed by atoms with Crippen molar-refractivity contribution in [1.29, 1.82) is 0 Å². The number of benzene rings is 3. The predicted molar refractivity (Wildman–Crippen MR) is 128 cm³/mol. The van der Waals surface area contributed by atoms with E-state index in [0.717, 1.165) is 12.2 Å². The maximum Gasteiger partial charge on any atom is 0.416 e. The Morgan fingerprint density at radius 3 is 1.55 bits per heavy atom. The minimum absolute atomic E-state index is 0.0347. The molecule has 6 nitrogen and oxygen atoms in total. The van der Waals surface area contributed by atoms with Crippen LogP contribution in [-0.2, 0) is 18.8 Å². The Morgan fingerprint density at radius 2 is 1.24 bits per heavy atom. The number of ether oxygens (including phenoxy) is 2. The predicted octanol–water partition coefficient (Wildman–Crippen LogP) is 6.13. The first-order valence-electron chi connectivity index (χ1n) is 10.7. The molecule has 3 N–H and O–H groups in total. The number of nitrogens with two attached hydrogens (primary N) is 1. The number of aldehydes is 1. The Hall–Kier alpha value is -4.06. The van der Waals surface area contributed by atoms with Gasteiger partial charge in [-0.25, -0.2) is 4.79 Å². The maximum absolute atomic E-state index is 12.2. The number of aromatic carboxylic acids is 1. The molecule has 38 heavy (non-hydrogen) atoms. The van der Waals surface area contributed by atoms with Gasteiger partial charge in [0.2, 0.25) is 0 Å². The largest absolute Gasteiger partial charge is 0.497 e.